The molecular formula is C72H67N. The molecule has 0 aromatic heterocycles. The van der Waals surface area contributed by atoms with Crippen molar-refractivity contribution in [3.8, 4) is 44.5 Å². The van der Waals surface area contributed by atoms with Crippen molar-refractivity contribution in [1.29, 1.82) is 0 Å². The van der Waals surface area contributed by atoms with Crippen LogP contribution in [0.2, 0.25) is 0 Å². The summed E-state index contributed by atoms with van der Waals surface area (Å²) in [5, 5.41) is 2.50. The van der Waals surface area contributed by atoms with Crippen LogP contribution in [0.4, 0.5) is 17.1 Å². The summed E-state index contributed by atoms with van der Waals surface area (Å²) in [6, 6.07) is 74.1. The molecule has 0 fully saturated rings. The SMILES string of the molecule is CC1CC=CC2=C1c1c(N(c3ccccc3-c3ccc4c(c3)C(C)(C)c3ccccc3-4)c3ccccc3-c3cccc4cccc(-c5cc(C(C)(C)C)cc(C(C)(C)C)c5)c34)cccc1C2(C)c1ccccc1. The molecule has 73 heavy (non-hydrogen) atoms. The zero-order valence-electron chi connectivity index (χ0n) is 44.4. The molecule has 3 aliphatic rings. The minimum absolute atomic E-state index is 0.0179. The highest BCUT2D eigenvalue weighted by atomic mass is 15.2. The van der Waals surface area contributed by atoms with Crippen LogP contribution >= 0.6 is 0 Å². The van der Waals surface area contributed by atoms with E-state index in [-0.39, 0.29) is 21.7 Å². The van der Waals surface area contributed by atoms with Crippen LogP contribution < -0.4 is 4.90 Å². The van der Waals surface area contributed by atoms with Gasteiger partial charge in [0.05, 0.1) is 17.1 Å². The Bertz CT molecular complexity index is 3690. The third-order valence-corrected chi connectivity index (χ3v) is 16.9. The van der Waals surface area contributed by atoms with E-state index in [0.717, 1.165) is 17.8 Å². The van der Waals surface area contributed by atoms with Gasteiger partial charge in [-0.3, -0.25) is 0 Å². The second kappa shape index (κ2) is 17.1. The molecule has 0 heterocycles. The van der Waals surface area contributed by atoms with Crippen molar-refractivity contribution in [2.24, 2.45) is 5.92 Å². The second-order valence-corrected chi connectivity index (χ2v) is 23.9. The van der Waals surface area contributed by atoms with E-state index in [1.165, 1.54) is 111 Å². The van der Waals surface area contributed by atoms with Gasteiger partial charge in [-0.05, 0) is 143 Å². The molecule has 0 bridgehead atoms. The maximum absolute atomic E-state index is 2.64. The number of hydrogen-bond acceptors (Lipinski definition) is 1. The molecule has 0 N–H and O–H groups in total. The fourth-order valence-corrected chi connectivity index (χ4v) is 12.9. The molecule has 0 spiro atoms. The minimum atomic E-state index is -0.337. The van der Waals surface area contributed by atoms with E-state index in [1.807, 2.05) is 0 Å². The van der Waals surface area contributed by atoms with E-state index in [1.54, 1.807) is 0 Å². The Kier molecular flexibility index (Phi) is 10.9. The van der Waals surface area contributed by atoms with E-state index in [9.17, 15) is 0 Å². The number of anilines is 3. The Balaban J connectivity index is 1.15. The number of hydrogen-bond donors (Lipinski definition) is 0. The lowest BCUT2D eigenvalue weighted by Gasteiger charge is -2.33. The highest BCUT2D eigenvalue weighted by molar-refractivity contribution is 6.10. The third-order valence-electron chi connectivity index (χ3n) is 16.9. The number of allylic oxidation sites excluding steroid dienone is 4. The molecule has 0 aliphatic heterocycles. The Morgan fingerprint density at radius 1 is 0.452 bits per heavy atom. The predicted octanol–water partition coefficient (Wildman–Crippen LogP) is 19.9. The largest absolute Gasteiger partial charge is 0.309 e. The van der Waals surface area contributed by atoms with Crippen LogP contribution in [0.3, 0.4) is 0 Å². The zero-order chi connectivity index (χ0) is 50.6. The molecule has 1 nitrogen and oxygen atoms in total. The fourth-order valence-electron chi connectivity index (χ4n) is 12.9. The summed E-state index contributed by atoms with van der Waals surface area (Å²) < 4.78 is 0. The molecular weight excluding hydrogens is 879 g/mol. The van der Waals surface area contributed by atoms with Crippen molar-refractivity contribution >= 4 is 33.4 Å². The Hall–Kier alpha value is -7.48. The van der Waals surface area contributed by atoms with Gasteiger partial charge in [0.15, 0.2) is 0 Å². The first-order valence-electron chi connectivity index (χ1n) is 26.6. The van der Waals surface area contributed by atoms with Gasteiger partial charge in [0.1, 0.15) is 0 Å². The summed E-state index contributed by atoms with van der Waals surface area (Å²) in [5.74, 6) is 0.334. The Morgan fingerprint density at radius 2 is 1.00 bits per heavy atom. The highest BCUT2D eigenvalue weighted by Gasteiger charge is 2.46. The number of nitrogens with zero attached hydrogens (tertiary/aromatic N) is 1. The molecule has 3 aliphatic carbocycles. The smallest absolute Gasteiger partial charge is 0.0540 e. The molecule has 0 radical (unpaired) electrons. The lowest BCUT2D eigenvalue weighted by atomic mass is 9.72. The summed E-state index contributed by atoms with van der Waals surface area (Å²) in [5.41, 5.74) is 25.4. The van der Waals surface area contributed by atoms with Crippen LogP contribution in [-0.4, -0.2) is 0 Å². The van der Waals surface area contributed by atoms with Gasteiger partial charge in [-0.2, -0.15) is 0 Å². The van der Waals surface area contributed by atoms with Gasteiger partial charge < -0.3 is 4.90 Å². The van der Waals surface area contributed by atoms with Crippen LogP contribution in [0.1, 0.15) is 115 Å². The number of para-hydroxylation sites is 2. The number of rotatable bonds is 7. The molecule has 2 atom stereocenters. The molecule has 360 valence electrons. The summed E-state index contributed by atoms with van der Waals surface area (Å²) in [6.07, 6.45) is 5.86. The van der Waals surface area contributed by atoms with Crippen LogP contribution in [0, 0.1) is 5.92 Å². The third kappa shape index (κ3) is 7.41. The minimum Gasteiger partial charge on any atom is -0.309 e. The van der Waals surface area contributed by atoms with Crippen molar-refractivity contribution in [2.45, 2.75) is 97.3 Å². The van der Waals surface area contributed by atoms with Gasteiger partial charge >= 0.3 is 0 Å². The van der Waals surface area contributed by atoms with Crippen LogP contribution in [0.5, 0.6) is 0 Å². The van der Waals surface area contributed by atoms with E-state index >= 15 is 0 Å². The van der Waals surface area contributed by atoms with Crippen molar-refractivity contribution in [3.05, 3.63) is 251 Å². The van der Waals surface area contributed by atoms with Gasteiger partial charge in [0, 0.05) is 27.5 Å². The van der Waals surface area contributed by atoms with E-state index in [4.69, 9.17) is 0 Å². The highest BCUT2D eigenvalue weighted by Crippen LogP contribution is 2.60. The Morgan fingerprint density at radius 3 is 1.70 bits per heavy atom. The molecule has 2 unspecified atom stereocenters. The molecule has 9 aromatic rings. The van der Waals surface area contributed by atoms with E-state index < -0.39 is 0 Å². The summed E-state index contributed by atoms with van der Waals surface area (Å²) in [6.45, 7) is 23.7. The fraction of sp³-hybridized carbons (Fsp3) is 0.222. The summed E-state index contributed by atoms with van der Waals surface area (Å²) >= 11 is 0. The lowest BCUT2D eigenvalue weighted by Crippen LogP contribution is -2.24. The van der Waals surface area contributed by atoms with Gasteiger partial charge in [0.25, 0.3) is 0 Å². The van der Waals surface area contributed by atoms with Crippen LogP contribution in [-0.2, 0) is 21.7 Å². The van der Waals surface area contributed by atoms with E-state index in [0.29, 0.717) is 5.92 Å². The molecule has 1 heteroatoms. The van der Waals surface area contributed by atoms with Gasteiger partial charge in [-0.25, -0.2) is 0 Å². The molecule has 9 aromatic carbocycles. The van der Waals surface area contributed by atoms with Gasteiger partial charge in [0.2, 0.25) is 0 Å². The zero-order valence-corrected chi connectivity index (χ0v) is 44.4. The van der Waals surface area contributed by atoms with Gasteiger partial charge in [-0.1, -0.05) is 244 Å². The first-order valence-corrected chi connectivity index (χ1v) is 26.6. The molecule has 0 saturated carbocycles. The maximum Gasteiger partial charge on any atom is 0.0540 e. The number of benzene rings is 9. The quantitative estimate of drug-likeness (QED) is 0.154. The first kappa shape index (κ1) is 46.6. The maximum atomic E-state index is 2.64. The van der Waals surface area contributed by atoms with E-state index in [2.05, 4.69) is 280 Å². The van der Waals surface area contributed by atoms with Crippen LogP contribution in [0.25, 0.3) is 60.9 Å². The topological polar surface area (TPSA) is 3.24 Å². The van der Waals surface area contributed by atoms with Gasteiger partial charge in [-0.15, -0.1) is 0 Å². The Labute approximate surface area is 434 Å². The van der Waals surface area contributed by atoms with Crippen LogP contribution in [0.15, 0.2) is 212 Å². The summed E-state index contributed by atoms with van der Waals surface area (Å²) in [7, 11) is 0. The van der Waals surface area contributed by atoms with Crippen molar-refractivity contribution in [3.63, 3.8) is 0 Å². The van der Waals surface area contributed by atoms with Crippen molar-refractivity contribution in [2.75, 3.05) is 4.90 Å². The monoisotopic (exact) mass is 946 g/mol. The molecule has 12 rings (SSSR count). The molecule has 0 amide bonds. The predicted molar refractivity (Wildman–Crippen MR) is 313 cm³/mol. The first-order chi connectivity index (χ1) is 35.0. The number of fused-ring (bicyclic) bond motifs is 6. The average molecular weight is 946 g/mol. The van der Waals surface area contributed by atoms with Crippen molar-refractivity contribution < 1.29 is 0 Å². The lowest BCUT2D eigenvalue weighted by molar-refractivity contribution is 0.569. The standard InChI is InChI=1S/C72H67N/c1-46-24-20-35-60-66(46)68-61(72(60,10)50-27-12-11-13-28-50)36-23-39-65(68)73(63-37-18-15-29-53(63)48-40-41-56-55-30-14-17-34-59(55)71(8,9)62(56)44-48)64-38-19-16-31-57(64)58-33-22-26-47-25-21-32-54(67(47)58)49-42-51(69(2,3)4)45-52(43-49)70(5,6)7/h11-23,25-46H,24H2,1-10H3. The second-order valence-electron chi connectivity index (χ2n) is 23.9. The molecule has 0 saturated heterocycles. The average Bonchev–Trinajstić information content (AvgIpc) is 3.81. The van der Waals surface area contributed by atoms with Crippen molar-refractivity contribution in [1.82, 2.24) is 0 Å². The summed E-state index contributed by atoms with van der Waals surface area (Å²) in [4.78, 5) is 2.64. The normalized spacial score (nSPS) is 17.6.